The second kappa shape index (κ2) is 5.64. The number of para-hydroxylation sites is 1. The molecule has 1 aromatic heterocycles. The van der Waals surface area contributed by atoms with Gasteiger partial charge in [0.15, 0.2) is 0 Å². The number of aliphatic hydroxyl groups excluding tert-OH is 2. The number of rotatable bonds is 3. The zero-order valence-electron chi connectivity index (χ0n) is 11.8. The molecule has 0 fully saturated rings. The van der Waals surface area contributed by atoms with Crippen molar-refractivity contribution in [2.75, 3.05) is 6.61 Å². The van der Waals surface area contributed by atoms with Crippen molar-refractivity contribution in [3.8, 4) is 11.3 Å². The zero-order valence-corrected chi connectivity index (χ0v) is 11.8. The molecule has 0 aliphatic heterocycles. The SMILES string of the molecule is Cc1cc2cccc([C@H](O)CO)c2nc1-c1ccccc1. The number of aliphatic hydroxyl groups is 2. The van der Waals surface area contributed by atoms with Crippen molar-refractivity contribution >= 4 is 10.9 Å². The number of pyridine rings is 1. The second-order valence-corrected chi connectivity index (χ2v) is 5.14. The average Bonchev–Trinajstić information content (AvgIpc) is 2.53. The van der Waals surface area contributed by atoms with Crippen LogP contribution >= 0.6 is 0 Å². The number of aromatic nitrogens is 1. The van der Waals surface area contributed by atoms with Crippen LogP contribution in [0.2, 0.25) is 0 Å². The molecular formula is C18H17NO2. The summed E-state index contributed by atoms with van der Waals surface area (Å²) in [6.45, 7) is 1.72. The molecule has 0 amide bonds. The molecule has 0 saturated heterocycles. The number of hydrogen-bond donors (Lipinski definition) is 2. The molecule has 2 aromatic carbocycles. The lowest BCUT2D eigenvalue weighted by Gasteiger charge is -2.13. The largest absolute Gasteiger partial charge is 0.393 e. The highest BCUT2D eigenvalue weighted by molar-refractivity contribution is 5.86. The maximum Gasteiger partial charge on any atom is 0.104 e. The van der Waals surface area contributed by atoms with Gasteiger partial charge in [-0.2, -0.15) is 0 Å². The number of benzene rings is 2. The van der Waals surface area contributed by atoms with Crippen LogP contribution in [-0.2, 0) is 0 Å². The monoisotopic (exact) mass is 279 g/mol. The maximum atomic E-state index is 9.97. The highest BCUT2D eigenvalue weighted by Gasteiger charge is 2.13. The van der Waals surface area contributed by atoms with Crippen molar-refractivity contribution in [2.45, 2.75) is 13.0 Å². The van der Waals surface area contributed by atoms with Gasteiger partial charge < -0.3 is 10.2 Å². The summed E-state index contributed by atoms with van der Waals surface area (Å²) < 4.78 is 0. The maximum absolute atomic E-state index is 9.97. The average molecular weight is 279 g/mol. The van der Waals surface area contributed by atoms with Crippen molar-refractivity contribution in [2.24, 2.45) is 0 Å². The molecule has 1 atom stereocenters. The lowest BCUT2D eigenvalue weighted by atomic mass is 10.0. The van der Waals surface area contributed by atoms with Crippen LogP contribution < -0.4 is 0 Å². The van der Waals surface area contributed by atoms with Gasteiger partial charge in [0.2, 0.25) is 0 Å². The Morgan fingerprint density at radius 1 is 1.05 bits per heavy atom. The minimum Gasteiger partial charge on any atom is -0.393 e. The summed E-state index contributed by atoms with van der Waals surface area (Å²) in [7, 11) is 0. The molecule has 21 heavy (non-hydrogen) atoms. The Morgan fingerprint density at radius 2 is 1.81 bits per heavy atom. The summed E-state index contributed by atoms with van der Waals surface area (Å²) >= 11 is 0. The smallest absolute Gasteiger partial charge is 0.104 e. The van der Waals surface area contributed by atoms with E-state index in [2.05, 4.69) is 6.07 Å². The van der Waals surface area contributed by atoms with Crippen LogP contribution in [0.5, 0.6) is 0 Å². The van der Waals surface area contributed by atoms with Gasteiger partial charge in [-0.15, -0.1) is 0 Å². The molecule has 1 heterocycles. The van der Waals surface area contributed by atoms with Gasteiger partial charge in [0.1, 0.15) is 6.10 Å². The topological polar surface area (TPSA) is 53.4 Å². The molecule has 0 unspecified atom stereocenters. The van der Waals surface area contributed by atoms with Crippen molar-refractivity contribution in [1.29, 1.82) is 0 Å². The molecule has 3 nitrogen and oxygen atoms in total. The Kier molecular flexibility index (Phi) is 3.69. The first-order chi connectivity index (χ1) is 10.2. The van der Waals surface area contributed by atoms with Crippen molar-refractivity contribution in [3.63, 3.8) is 0 Å². The third-order valence-corrected chi connectivity index (χ3v) is 3.65. The van der Waals surface area contributed by atoms with Gasteiger partial charge in [-0.1, -0.05) is 48.5 Å². The van der Waals surface area contributed by atoms with E-state index in [1.54, 1.807) is 6.07 Å². The van der Waals surface area contributed by atoms with Gasteiger partial charge in [-0.3, -0.25) is 0 Å². The third-order valence-electron chi connectivity index (χ3n) is 3.65. The summed E-state index contributed by atoms with van der Waals surface area (Å²) in [5.74, 6) is 0. The highest BCUT2D eigenvalue weighted by Crippen LogP contribution is 2.28. The van der Waals surface area contributed by atoms with E-state index in [1.807, 2.05) is 49.4 Å². The Labute approximate surface area is 123 Å². The lowest BCUT2D eigenvalue weighted by Crippen LogP contribution is -2.04. The van der Waals surface area contributed by atoms with Crippen LogP contribution in [0.3, 0.4) is 0 Å². The predicted molar refractivity (Wildman–Crippen MR) is 84.0 cm³/mol. The first kappa shape index (κ1) is 13.7. The van der Waals surface area contributed by atoms with E-state index < -0.39 is 6.10 Å². The first-order valence-corrected chi connectivity index (χ1v) is 6.95. The van der Waals surface area contributed by atoms with Crippen LogP contribution in [0.25, 0.3) is 22.2 Å². The molecule has 106 valence electrons. The number of hydrogen-bond acceptors (Lipinski definition) is 3. The highest BCUT2D eigenvalue weighted by atomic mass is 16.3. The van der Waals surface area contributed by atoms with Gasteiger partial charge >= 0.3 is 0 Å². The van der Waals surface area contributed by atoms with Crippen LogP contribution in [0, 0.1) is 6.92 Å². The zero-order chi connectivity index (χ0) is 14.8. The molecule has 0 aliphatic rings. The van der Waals surface area contributed by atoms with E-state index >= 15 is 0 Å². The van der Waals surface area contributed by atoms with E-state index in [1.165, 1.54) is 0 Å². The number of nitrogens with zero attached hydrogens (tertiary/aromatic N) is 1. The molecule has 0 saturated carbocycles. The summed E-state index contributed by atoms with van der Waals surface area (Å²) in [6.07, 6.45) is -0.910. The Bertz CT molecular complexity index is 769. The molecule has 3 rings (SSSR count). The van der Waals surface area contributed by atoms with Gasteiger partial charge in [0.05, 0.1) is 17.8 Å². The van der Waals surface area contributed by atoms with Crippen molar-refractivity contribution in [1.82, 2.24) is 4.98 Å². The summed E-state index contributed by atoms with van der Waals surface area (Å²) in [6, 6.07) is 17.7. The van der Waals surface area contributed by atoms with Crippen LogP contribution in [0.1, 0.15) is 17.2 Å². The standard InChI is InChI=1S/C18H17NO2/c1-12-10-14-8-5-9-15(16(21)11-20)18(14)19-17(12)13-6-3-2-4-7-13/h2-10,16,20-21H,11H2,1H3/t16-/m1/s1. The summed E-state index contributed by atoms with van der Waals surface area (Å²) in [4.78, 5) is 4.74. The van der Waals surface area contributed by atoms with E-state index in [0.29, 0.717) is 5.56 Å². The first-order valence-electron chi connectivity index (χ1n) is 6.95. The summed E-state index contributed by atoms with van der Waals surface area (Å²) in [5.41, 5.74) is 4.44. The Morgan fingerprint density at radius 3 is 2.52 bits per heavy atom. The van der Waals surface area contributed by atoms with Crippen LogP contribution in [0.4, 0.5) is 0 Å². The number of fused-ring (bicyclic) bond motifs is 1. The fraction of sp³-hybridized carbons (Fsp3) is 0.167. The fourth-order valence-corrected chi connectivity index (χ4v) is 2.58. The predicted octanol–water partition coefficient (Wildman–Crippen LogP) is 3.24. The lowest BCUT2D eigenvalue weighted by molar-refractivity contribution is 0.0966. The van der Waals surface area contributed by atoms with E-state index in [9.17, 15) is 10.2 Å². The van der Waals surface area contributed by atoms with Crippen LogP contribution in [0.15, 0.2) is 54.6 Å². The van der Waals surface area contributed by atoms with E-state index in [4.69, 9.17) is 4.98 Å². The molecule has 2 N–H and O–H groups in total. The third kappa shape index (κ3) is 2.53. The molecule has 0 aliphatic carbocycles. The molecule has 3 aromatic rings. The molecule has 3 heteroatoms. The molecule has 0 radical (unpaired) electrons. The van der Waals surface area contributed by atoms with E-state index in [0.717, 1.165) is 27.7 Å². The summed E-state index contributed by atoms with van der Waals surface area (Å²) in [5, 5.41) is 20.1. The van der Waals surface area contributed by atoms with Gasteiger partial charge in [0.25, 0.3) is 0 Å². The molecule has 0 bridgehead atoms. The minimum absolute atomic E-state index is 0.310. The Hall–Kier alpha value is -2.23. The van der Waals surface area contributed by atoms with Gasteiger partial charge in [-0.25, -0.2) is 4.98 Å². The Balaban J connectivity index is 2.26. The van der Waals surface area contributed by atoms with Crippen molar-refractivity contribution < 1.29 is 10.2 Å². The van der Waals surface area contributed by atoms with Crippen molar-refractivity contribution in [3.05, 3.63) is 65.7 Å². The molecule has 0 spiro atoms. The van der Waals surface area contributed by atoms with E-state index in [-0.39, 0.29) is 6.61 Å². The minimum atomic E-state index is -0.910. The van der Waals surface area contributed by atoms with Gasteiger partial charge in [0, 0.05) is 16.5 Å². The number of aryl methyl sites for hydroxylation is 1. The second-order valence-electron chi connectivity index (χ2n) is 5.14. The normalized spacial score (nSPS) is 12.5. The fourth-order valence-electron chi connectivity index (χ4n) is 2.58. The quantitative estimate of drug-likeness (QED) is 0.774. The van der Waals surface area contributed by atoms with Crippen LogP contribution in [-0.4, -0.2) is 21.8 Å². The van der Waals surface area contributed by atoms with Gasteiger partial charge in [-0.05, 0) is 18.6 Å². The molecular weight excluding hydrogens is 262 g/mol.